The topological polar surface area (TPSA) is 38.3 Å². The van der Waals surface area contributed by atoms with Gasteiger partial charge in [-0.3, -0.25) is 4.79 Å². The zero-order valence-electron chi connectivity index (χ0n) is 9.21. The van der Waals surface area contributed by atoms with E-state index in [9.17, 15) is 4.79 Å². The number of rotatable bonds is 3. The molecule has 0 saturated carbocycles. The van der Waals surface area contributed by atoms with Gasteiger partial charge in [-0.15, -0.1) is 0 Å². The van der Waals surface area contributed by atoms with Crippen molar-refractivity contribution in [2.24, 2.45) is 0 Å². The molecule has 1 N–H and O–H groups in total. The first-order valence-corrected chi connectivity index (χ1v) is 7.09. The van der Waals surface area contributed by atoms with Crippen LogP contribution in [0.2, 0.25) is 0 Å². The van der Waals surface area contributed by atoms with Crippen molar-refractivity contribution in [3.05, 3.63) is 32.7 Å². The fourth-order valence-corrected chi connectivity index (χ4v) is 3.09. The summed E-state index contributed by atoms with van der Waals surface area (Å²) >= 11 is 6.73. The van der Waals surface area contributed by atoms with Crippen molar-refractivity contribution in [3.63, 3.8) is 0 Å². The van der Waals surface area contributed by atoms with Gasteiger partial charge in [0.1, 0.15) is 0 Å². The van der Waals surface area contributed by atoms with E-state index in [2.05, 4.69) is 37.2 Å². The molecule has 5 heteroatoms. The van der Waals surface area contributed by atoms with Gasteiger partial charge >= 0.3 is 0 Å². The van der Waals surface area contributed by atoms with Gasteiger partial charge in [0.15, 0.2) is 0 Å². The summed E-state index contributed by atoms with van der Waals surface area (Å²) in [6, 6.07) is 5.50. The van der Waals surface area contributed by atoms with Crippen LogP contribution in [0, 0.1) is 0 Å². The standard InChI is InChI=1S/C12H13Br2NO2/c13-9-4-8(5-10(14)6-9)12(16)15-7-11-2-1-3-17-11/h4-6,11H,1-3,7H2,(H,15,16). The Balaban J connectivity index is 1.94. The molecule has 0 radical (unpaired) electrons. The maximum atomic E-state index is 11.9. The molecule has 1 heterocycles. The molecular weight excluding hydrogens is 350 g/mol. The van der Waals surface area contributed by atoms with Crippen LogP contribution in [0.15, 0.2) is 27.1 Å². The minimum atomic E-state index is -0.0671. The van der Waals surface area contributed by atoms with Gasteiger partial charge in [-0.25, -0.2) is 0 Å². The summed E-state index contributed by atoms with van der Waals surface area (Å²) in [5.41, 5.74) is 0.643. The highest BCUT2D eigenvalue weighted by Crippen LogP contribution is 2.20. The summed E-state index contributed by atoms with van der Waals surface area (Å²) in [5, 5.41) is 2.89. The fourth-order valence-electron chi connectivity index (χ4n) is 1.80. The lowest BCUT2D eigenvalue weighted by molar-refractivity contribution is 0.0857. The molecule has 1 atom stereocenters. The van der Waals surface area contributed by atoms with Crippen LogP contribution < -0.4 is 5.32 Å². The van der Waals surface area contributed by atoms with E-state index < -0.39 is 0 Å². The van der Waals surface area contributed by atoms with E-state index in [-0.39, 0.29) is 12.0 Å². The van der Waals surface area contributed by atoms with Crippen LogP contribution in [0.5, 0.6) is 0 Å². The minimum Gasteiger partial charge on any atom is -0.376 e. The van der Waals surface area contributed by atoms with Crippen LogP contribution in [0.3, 0.4) is 0 Å². The van der Waals surface area contributed by atoms with Crippen molar-refractivity contribution in [3.8, 4) is 0 Å². The summed E-state index contributed by atoms with van der Waals surface area (Å²) in [6.07, 6.45) is 2.29. The zero-order chi connectivity index (χ0) is 12.3. The van der Waals surface area contributed by atoms with Gasteiger partial charge in [-0.2, -0.15) is 0 Å². The van der Waals surface area contributed by atoms with Gasteiger partial charge in [0.05, 0.1) is 6.10 Å². The minimum absolute atomic E-state index is 0.0671. The highest BCUT2D eigenvalue weighted by Gasteiger charge is 2.16. The van der Waals surface area contributed by atoms with E-state index >= 15 is 0 Å². The van der Waals surface area contributed by atoms with Crippen LogP contribution in [0.4, 0.5) is 0 Å². The molecule has 1 aromatic rings. The Bertz CT molecular complexity index is 397. The van der Waals surface area contributed by atoms with Crippen molar-refractivity contribution in [2.75, 3.05) is 13.2 Å². The first-order valence-electron chi connectivity index (χ1n) is 5.51. The van der Waals surface area contributed by atoms with Crippen LogP contribution in [-0.4, -0.2) is 25.2 Å². The van der Waals surface area contributed by atoms with Gasteiger partial charge < -0.3 is 10.1 Å². The third kappa shape index (κ3) is 3.79. The maximum Gasteiger partial charge on any atom is 0.251 e. The Morgan fingerprint density at radius 3 is 2.65 bits per heavy atom. The normalized spacial score (nSPS) is 19.3. The van der Waals surface area contributed by atoms with Gasteiger partial charge in [-0.1, -0.05) is 31.9 Å². The SMILES string of the molecule is O=C(NCC1CCCO1)c1cc(Br)cc(Br)c1. The first kappa shape index (κ1) is 13.1. The summed E-state index contributed by atoms with van der Waals surface area (Å²) in [7, 11) is 0. The van der Waals surface area contributed by atoms with Gasteiger partial charge in [0.2, 0.25) is 0 Å². The molecule has 1 saturated heterocycles. The number of hydrogen-bond donors (Lipinski definition) is 1. The third-order valence-electron chi connectivity index (χ3n) is 2.64. The van der Waals surface area contributed by atoms with Crippen LogP contribution in [0.1, 0.15) is 23.2 Å². The van der Waals surface area contributed by atoms with Crippen molar-refractivity contribution in [2.45, 2.75) is 18.9 Å². The zero-order valence-corrected chi connectivity index (χ0v) is 12.4. The lowest BCUT2D eigenvalue weighted by Gasteiger charge is -2.11. The van der Waals surface area contributed by atoms with E-state index in [1.54, 1.807) is 12.1 Å². The lowest BCUT2D eigenvalue weighted by atomic mass is 10.2. The molecule has 17 heavy (non-hydrogen) atoms. The Morgan fingerprint density at radius 1 is 1.35 bits per heavy atom. The second kappa shape index (κ2) is 5.98. The van der Waals surface area contributed by atoms with E-state index in [4.69, 9.17) is 4.74 Å². The number of halogens is 2. The number of carbonyl (C=O) groups is 1. The van der Waals surface area contributed by atoms with Gasteiger partial charge in [-0.05, 0) is 31.0 Å². The number of ether oxygens (including phenoxy) is 1. The molecule has 2 rings (SSSR count). The Morgan fingerprint density at radius 2 is 2.06 bits per heavy atom. The monoisotopic (exact) mass is 361 g/mol. The summed E-state index contributed by atoms with van der Waals surface area (Å²) < 4.78 is 7.22. The average molecular weight is 363 g/mol. The van der Waals surface area contributed by atoms with Crippen LogP contribution in [0.25, 0.3) is 0 Å². The molecule has 1 fully saturated rings. The molecule has 1 amide bonds. The number of carbonyl (C=O) groups excluding carboxylic acids is 1. The molecule has 1 aliphatic rings. The second-order valence-corrected chi connectivity index (χ2v) is 5.83. The Labute approximate surface area is 117 Å². The number of amides is 1. The summed E-state index contributed by atoms with van der Waals surface area (Å²) in [5.74, 6) is -0.0671. The number of nitrogens with one attached hydrogen (secondary N) is 1. The van der Waals surface area contributed by atoms with E-state index in [1.807, 2.05) is 6.07 Å². The molecule has 3 nitrogen and oxygen atoms in total. The molecular formula is C12H13Br2NO2. The van der Waals surface area contributed by atoms with Crippen molar-refractivity contribution < 1.29 is 9.53 Å². The Kier molecular flexibility index (Phi) is 4.59. The molecule has 0 aromatic heterocycles. The summed E-state index contributed by atoms with van der Waals surface area (Å²) in [4.78, 5) is 11.9. The van der Waals surface area contributed by atoms with Gasteiger partial charge in [0.25, 0.3) is 5.91 Å². The molecule has 0 spiro atoms. The average Bonchev–Trinajstić information content (AvgIpc) is 2.77. The molecule has 1 unspecified atom stereocenters. The van der Waals surface area contributed by atoms with Gasteiger partial charge in [0, 0.05) is 27.7 Å². The van der Waals surface area contributed by atoms with Crippen LogP contribution in [-0.2, 0) is 4.74 Å². The largest absolute Gasteiger partial charge is 0.376 e. The third-order valence-corrected chi connectivity index (χ3v) is 3.55. The van der Waals surface area contributed by atoms with Crippen LogP contribution >= 0.6 is 31.9 Å². The highest BCUT2D eigenvalue weighted by atomic mass is 79.9. The lowest BCUT2D eigenvalue weighted by Crippen LogP contribution is -2.31. The molecule has 92 valence electrons. The maximum absolute atomic E-state index is 11.9. The summed E-state index contributed by atoms with van der Waals surface area (Å²) in [6.45, 7) is 1.39. The van der Waals surface area contributed by atoms with Crippen molar-refractivity contribution in [1.29, 1.82) is 0 Å². The Hall–Kier alpha value is -0.390. The molecule has 1 aliphatic heterocycles. The fraction of sp³-hybridized carbons (Fsp3) is 0.417. The smallest absolute Gasteiger partial charge is 0.251 e. The quantitative estimate of drug-likeness (QED) is 0.897. The predicted octanol–water partition coefficient (Wildman–Crippen LogP) is 3.12. The second-order valence-electron chi connectivity index (χ2n) is 4.00. The number of benzene rings is 1. The van der Waals surface area contributed by atoms with Crippen molar-refractivity contribution in [1.82, 2.24) is 5.32 Å². The van der Waals surface area contributed by atoms with E-state index in [0.29, 0.717) is 12.1 Å². The van der Waals surface area contributed by atoms with E-state index in [1.165, 1.54) is 0 Å². The first-order chi connectivity index (χ1) is 8.15. The molecule has 0 aliphatic carbocycles. The molecule has 1 aromatic carbocycles. The predicted molar refractivity (Wildman–Crippen MR) is 73.1 cm³/mol. The van der Waals surface area contributed by atoms with Crippen molar-refractivity contribution >= 4 is 37.8 Å². The molecule has 0 bridgehead atoms. The number of hydrogen-bond acceptors (Lipinski definition) is 2. The highest BCUT2D eigenvalue weighted by molar-refractivity contribution is 9.11. The van der Waals surface area contributed by atoms with E-state index in [0.717, 1.165) is 28.4 Å².